The minimum atomic E-state index is 0. The molecule has 0 aromatic heterocycles. The van der Waals surface area contributed by atoms with Gasteiger partial charge in [0.2, 0.25) is 0 Å². The van der Waals surface area contributed by atoms with Crippen LogP contribution < -0.4 is 0 Å². The Bertz CT molecular complexity index is 8.00. The summed E-state index contributed by atoms with van der Waals surface area (Å²) in [6.45, 7) is 0. The predicted octanol–water partition coefficient (Wildman–Crippen LogP) is -0.505. The summed E-state index contributed by atoms with van der Waals surface area (Å²) >= 11 is 0. The Morgan fingerprint density at radius 1 is 1.00 bits per heavy atom. The van der Waals surface area contributed by atoms with Crippen LogP contribution in [-0.2, 0) is 54.1 Å². The first-order valence-electron chi connectivity index (χ1n) is 0. The zero-order chi connectivity index (χ0) is 0. The second-order valence-corrected chi connectivity index (χ2v) is 0. The van der Waals surface area contributed by atoms with Crippen molar-refractivity contribution in [3.63, 3.8) is 0 Å². The fourth-order valence-corrected chi connectivity index (χ4v) is 0. The molecule has 8 valence electrons. The van der Waals surface area contributed by atoms with Crippen LogP contribution in [0.4, 0.5) is 0 Å². The molecule has 0 amide bonds. The average Bonchev–Trinajstić information content (AvgIpc) is 0. The van der Waals surface area contributed by atoms with Gasteiger partial charge in [0.05, 0.1) is 0 Å². The number of rotatable bonds is 0. The Labute approximate surface area is 76.8 Å². The average molecular weight is 407 g/mol. The van der Waals surface area contributed by atoms with Crippen molar-refractivity contribution >= 4 is 23.9 Å². The fraction of sp³-hybridized carbons (Fsp3) is 0. The molecule has 0 saturated carbocycles. The van der Waals surface area contributed by atoms with Gasteiger partial charge in [0.1, 0.15) is 0 Å². The van der Waals surface area contributed by atoms with E-state index in [4.69, 9.17) is 0 Å². The number of hydrogen-bond donors (Lipinski definition) is 0. The van der Waals surface area contributed by atoms with Gasteiger partial charge in [-0.1, -0.05) is 0 Å². The molecular weight excluding hydrogens is 407 g/mol. The largest absolute Gasteiger partial charge is 5.00 e. The van der Waals surface area contributed by atoms with Gasteiger partial charge in [-0.2, -0.15) is 0 Å². The van der Waals surface area contributed by atoms with E-state index in [0.717, 1.165) is 0 Å². The molecule has 0 aliphatic carbocycles. The molecule has 4 heteroatoms. The minimum Gasteiger partial charge on any atom is -2.00 e. The maximum Gasteiger partial charge on any atom is 5.00 e. The molecule has 0 atom stereocenters. The molecule has 0 unspecified atom stereocenters. The first kappa shape index (κ1) is 32.6. The second kappa shape index (κ2) is 18.2. The van der Waals surface area contributed by atoms with E-state index in [9.17, 15) is 0 Å². The summed E-state index contributed by atoms with van der Waals surface area (Å²) in [4.78, 5) is 0. The van der Waals surface area contributed by atoms with Crippen LogP contribution in [0.2, 0.25) is 0 Å². The maximum atomic E-state index is 0. The zero-order valence-electron chi connectivity index (χ0n) is 1.86. The molecule has 0 aliphatic heterocycles. The summed E-state index contributed by atoms with van der Waals surface area (Å²) in [6.07, 6.45) is 0. The van der Waals surface area contributed by atoms with Gasteiger partial charge in [0, 0.05) is 0 Å². The molecule has 1 nitrogen and oxygen atoms in total. The summed E-state index contributed by atoms with van der Waals surface area (Å²) in [5, 5.41) is 0. The smallest absolute Gasteiger partial charge is 2.00 e. The van der Waals surface area contributed by atoms with Gasteiger partial charge in [0.25, 0.3) is 0 Å². The van der Waals surface area contributed by atoms with Gasteiger partial charge in [-0.3, -0.25) is 0 Å². The van der Waals surface area contributed by atoms with Crippen molar-refractivity contribution in [1.82, 2.24) is 0 Å². The third kappa shape index (κ3) is 8.83. The van der Waals surface area contributed by atoms with Crippen molar-refractivity contribution in [3.05, 3.63) is 0 Å². The SMILES string of the molecule is [O-2].[Sn+4].[Ta+5].[Zr+4]. The number of hydrogen-bond acceptors (Lipinski definition) is 0. The van der Waals surface area contributed by atoms with E-state index >= 15 is 0 Å². The van der Waals surface area contributed by atoms with Crippen molar-refractivity contribution < 1.29 is 54.1 Å². The van der Waals surface area contributed by atoms with E-state index in [-0.39, 0.29) is 78.0 Å². The first-order valence-corrected chi connectivity index (χ1v) is 0. The van der Waals surface area contributed by atoms with Gasteiger partial charge >= 0.3 is 72.5 Å². The first-order chi connectivity index (χ1) is 0. The Kier molecular flexibility index (Phi) is 148. The Hall–Kier alpha value is 2.38. The zero-order valence-corrected chi connectivity index (χ0v) is 10.4. The van der Waals surface area contributed by atoms with Crippen molar-refractivity contribution in [2.45, 2.75) is 0 Å². The van der Waals surface area contributed by atoms with Crippen LogP contribution in [0.25, 0.3) is 0 Å². The monoisotopic (exact) mass is 407 g/mol. The van der Waals surface area contributed by atoms with Crippen LogP contribution in [0, 0.1) is 0 Å². The molecule has 0 saturated heterocycles. The van der Waals surface area contributed by atoms with Crippen molar-refractivity contribution in [1.29, 1.82) is 0 Å². The van der Waals surface area contributed by atoms with Crippen LogP contribution in [0.5, 0.6) is 0 Å². The molecule has 4 heavy (non-hydrogen) atoms. The molecule has 0 radical (unpaired) electrons. The molecule has 0 aromatic rings. The molecule has 0 heterocycles. The summed E-state index contributed by atoms with van der Waals surface area (Å²) in [5.41, 5.74) is 0. The molecule has 0 aromatic carbocycles. The summed E-state index contributed by atoms with van der Waals surface area (Å²) < 4.78 is 0. The second-order valence-electron chi connectivity index (χ2n) is 0. The standard InChI is InChI=1S/O.Sn.Ta.Zr/q-2;+4;+5;+4. The minimum absolute atomic E-state index is 0. The van der Waals surface area contributed by atoms with Gasteiger partial charge in [0.15, 0.2) is 0 Å². The molecule has 0 N–H and O–H groups in total. The fourth-order valence-electron chi connectivity index (χ4n) is 0. The van der Waals surface area contributed by atoms with E-state index in [1.807, 2.05) is 0 Å². The van der Waals surface area contributed by atoms with E-state index in [1.165, 1.54) is 0 Å². The maximum absolute atomic E-state index is 0. The Balaban J connectivity index is 0. The quantitative estimate of drug-likeness (QED) is 0.485. The molecule has 0 bridgehead atoms. The van der Waals surface area contributed by atoms with Crippen LogP contribution >= 0.6 is 0 Å². The van der Waals surface area contributed by atoms with Gasteiger partial charge in [-0.15, -0.1) is 0 Å². The van der Waals surface area contributed by atoms with Gasteiger partial charge < -0.3 is 5.48 Å². The van der Waals surface area contributed by atoms with Crippen molar-refractivity contribution in [2.24, 2.45) is 0 Å². The molecular formula is OSnTaZr+11. The van der Waals surface area contributed by atoms with Crippen LogP contribution in [0.15, 0.2) is 0 Å². The summed E-state index contributed by atoms with van der Waals surface area (Å²) in [7, 11) is 0. The van der Waals surface area contributed by atoms with Gasteiger partial charge in [-0.05, 0) is 0 Å². The predicted molar refractivity (Wildman–Crippen MR) is 6.44 cm³/mol. The van der Waals surface area contributed by atoms with E-state index in [0.29, 0.717) is 0 Å². The topological polar surface area (TPSA) is 28.5 Å². The van der Waals surface area contributed by atoms with Crippen LogP contribution in [0.3, 0.4) is 0 Å². The third-order valence-corrected chi connectivity index (χ3v) is 0. The molecule has 0 rings (SSSR count). The van der Waals surface area contributed by atoms with E-state index in [1.54, 1.807) is 0 Å². The normalized spacial score (nSPS) is 0. The van der Waals surface area contributed by atoms with Crippen LogP contribution in [0.1, 0.15) is 0 Å². The Morgan fingerprint density at radius 3 is 1.00 bits per heavy atom. The van der Waals surface area contributed by atoms with E-state index < -0.39 is 0 Å². The summed E-state index contributed by atoms with van der Waals surface area (Å²) in [6, 6.07) is 0. The molecule has 0 aliphatic rings. The van der Waals surface area contributed by atoms with Crippen molar-refractivity contribution in [2.75, 3.05) is 0 Å². The van der Waals surface area contributed by atoms with E-state index in [2.05, 4.69) is 0 Å². The third-order valence-electron chi connectivity index (χ3n) is 0. The molecule has 0 spiro atoms. The van der Waals surface area contributed by atoms with Crippen LogP contribution in [-0.4, -0.2) is 23.9 Å². The molecule has 0 fully saturated rings. The van der Waals surface area contributed by atoms with Gasteiger partial charge in [-0.25, -0.2) is 0 Å². The summed E-state index contributed by atoms with van der Waals surface area (Å²) in [5.74, 6) is 0. The Morgan fingerprint density at radius 2 is 1.00 bits per heavy atom. The van der Waals surface area contributed by atoms with Crippen molar-refractivity contribution in [3.8, 4) is 0 Å².